The van der Waals surface area contributed by atoms with Crippen LogP contribution in [0.4, 0.5) is 5.69 Å². The van der Waals surface area contributed by atoms with Crippen molar-refractivity contribution in [3.63, 3.8) is 0 Å². The van der Waals surface area contributed by atoms with Gasteiger partial charge >= 0.3 is 5.97 Å². The average Bonchev–Trinajstić information content (AvgIpc) is 3.02. The lowest BCUT2D eigenvalue weighted by Gasteiger charge is -2.37. The molecule has 2 heterocycles. The number of aromatic amines is 1. The lowest BCUT2D eigenvalue weighted by molar-refractivity contribution is -0.118. The van der Waals surface area contributed by atoms with E-state index < -0.39 is 5.97 Å². The molecule has 1 aromatic carbocycles. The molecule has 1 aromatic heterocycles. The predicted molar refractivity (Wildman–Crippen MR) is 111 cm³/mol. The Balaban J connectivity index is 1.91. The summed E-state index contributed by atoms with van der Waals surface area (Å²) in [6, 6.07) is 3.46. The zero-order chi connectivity index (χ0) is 21.2. The highest BCUT2D eigenvalue weighted by molar-refractivity contribution is 6.11. The van der Waals surface area contributed by atoms with Crippen LogP contribution in [-0.2, 0) is 9.53 Å². The van der Waals surface area contributed by atoms with Gasteiger partial charge in [0.05, 0.1) is 39.1 Å². The molecule has 0 spiro atoms. The van der Waals surface area contributed by atoms with Crippen molar-refractivity contribution in [2.45, 2.75) is 26.7 Å². The van der Waals surface area contributed by atoms with Crippen molar-refractivity contribution in [1.29, 1.82) is 0 Å². The summed E-state index contributed by atoms with van der Waals surface area (Å²) in [5, 5.41) is 3.55. The van der Waals surface area contributed by atoms with Crippen LogP contribution in [0.2, 0.25) is 0 Å². The summed E-state index contributed by atoms with van der Waals surface area (Å²) in [6.45, 7) is 6.45. The number of rotatable bonds is 6. The van der Waals surface area contributed by atoms with E-state index in [1.807, 2.05) is 0 Å². The maximum Gasteiger partial charge on any atom is 0.356 e. The number of amides is 1. The van der Waals surface area contributed by atoms with Gasteiger partial charge in [0.15, 0.2) is 11.5 Å². The van der Waals surface area contributed by atoms with Crippen molar-refractivity contribution in [2.75, 3.05) is 46.3 Å². The minimum absolute atomic E-state index is 0.177. The summed E-state index contributed by atoms with van der Waals surface area (Å²) < 4.78 is 15.6. The van der Waals surface area contributed by atoms with Crippen LogP contribution in [0.1, 0.15) is 37.2 Å². The third-order valence-corrected chi connectivity index (χ3v) is 5.30. The number of esters is 1. The molecule has 0 saturated carbocycles. The number of fused-ring (bicyclic) bond motifs is 1. The average molecular weight is 403 g/mol. The van der Waals surface area contributed by atoms with Crippen molar-refractivity contribution in [2.24, 2.45) is 5.41 Å². The van der Waals surface area contributed by atoms with Gasteiger partial charge in [-0.2, -0.15) is 0 Å². The van der Waals surface area contributed by atoms with Gasteiger partial charge in [-0.05, 0) is 30.9 Å². The first-order valence-electron chi connectivity index (χ1n) is 9.66. The van der Waals surface area contributed by atoms with Crippen molar-refractivity contribution in [3.05, 3.63) is 17.8 Å². The summed E-state index contributed by atoms with van der Waals surface area (Å²) in [5.74, 6) is 0.284. The van der Waals surface area contributed by atoms with E-state index in [-0.39, 0.29) is 23.6 Å². The molecular formula is C21H29N3O5. The number of aromatic nitrogens is 1. The standard InChI is InChI=1S/C21H29N3O5/c1-21(2)7-6-8-24(12-21)11-17(25)23-18-13-9-15(27-3)16(28-4)10-14(13)22-19(18)20(26)29-5/h9-10,22H,6-8,11-12H2,1-5H3,(H,23,25). The quantitative estimate of drug-likeness (QED) is 0.720. The van der Waals surface area contributed by atoms with Crippen molar-refractivity contribution in [3.8, 4) is 11.5 Å². The van der Waals surface area contributed by atoms with E-state index in [0.29, 0.717) is 28.1 Å². The Morgan fingerprint density at radius 2 is 1.86 bits per heavy atom. The van der Waals surface area contributed by atoms with Crippen molar-refractivity contribution in [1.82, 2.24) is 9.88 Å². The first kappa shape index (κ1) is 21.0. The van der Waals surface area contributed by atoms with Gasteiger partial charge in [0.1, 0.15) is 5.69 Å². The van der Waals surface area contributed by atoms with E-state index >= 15 is 0 Å². The predicted octanol–water partition coefficient (Wildman–Crippen LogP) is 3.03. The van der Waals surface area contributed by atoms with Gasteiger partial charge in [0.2, 0.25) is 5.91 Å². The zero-order valence-electron chi connectivity index (χ0n) is 17.7. The van der Waals surface area contributed by atoms with Gasteiger partial charge in [-0.1, -0.05) is 13.8 Å². The maximum atomic E-state index is 12.8. The molecule has 1 aliphatic rings. The Labute approximate surface area is 170 Å². The highest BCUT2D eigenvalue weighted by Crippen LogP contribution is 2.37. The second-order valence-electron chi connectivity index (χ2n) is 8.15. The third kappa shape index (κ3) is 4.48. The number of anilines is 1. The molecule has 0 aliphatic carbocycles. The number of likely N-dealkylation sites (tertiary alicyclic amines) is 1. The van der Waals surface area contributed by atoms with Crippen LogP contribution >= 0.6 is 0 Å². The molecule has 2 N–H and O–H groups in total. The molecule has 8 heteroatoms. The number of carbonyl (C=O) groups excluding carboxylic acids is 2. The Hall–Kier alpha value is -2.74. The molecule has 158 valence electrons. The molecule has 1 amide bonds. The van der Waals surface area contributed by atoms with Crippen molar-refractivity contribution < 1.29 is 23.8 Å². The van der Waals surface area contributed by atoms with E-state index in [0.717, 1.165) is 25.9 Å². The van der Waals surface area contributed by atoms with Gasteiger partial charge in [0.25, 0.3) is 0 Å². The van der Waals surface area contributed by atoms with Crippen LogP contribution in [-0.4, -0.2) is 62.7 Å². The highest BCUT2D eigenvalue weighted by atomic mass is 16.5. The lowest BCUT2D eigenvalue weighted by atomic mass is 9.84. The van der Waals surface area contributed by atoms with Crippen LogP contribution in [0.25, 0.3) is 10.9 Å². The van der Waals surface area contributed by atoms with E-state index in [2.05, 4.69) is 29.0 Å². The molecule has 0 unspecified atom stereocenters. The van der Waals surface area contributed by atoms with Gasteiger partial charge < -0.3 is 24.5 Å². The molecule has 29 heavy (non-hydrogen) atoms. The molecule has 1 aliphatic heterocycles. The minimum atomic E-state index is -0.562. The van der Waals surface area contributed by atoms with E-state index in [1.165, 1.54) is 21.3 Å². The molecule has 1 saturated heterocycles. The molecule has 3 rings (SSSR count). The fourth-order valence-electron chi connectivity index (χ4n) is 3.97. The van der Waals surface area contributed by atoms with Gasteiger partial charge in [-0.15, -0.1) is 0 Å². The Morgan fingerprint density at radius 3 is 2.48 bits per heavy atom. The van der Waals surface area contributed by atoms with Gasteiger partial charge in [-0.3, -0.25) is 9.69 Å². The topological polar surface area (TPSA) is 92.9 Å². The van der Waals surface area contributed by atoms with E-state index in [9.17, 15) is 9.59 Å². The molecule has 8 nitrogen and oxygen atoms in total. The Morgan fingerprint density at radius 1 is 1.17 bits per heavy atom. The third-order valence-electron chi connectivity index (χ3n) is 5.30. The second kappa shape index (κ2) is 8.32. The van der Waals surface area contributed by atoms with Crippen LogP contribution in [0.5, 0.6) is 11.5 Å². The van der Waals surface area contributed by atoms with E-state index in [1.54, 1.807) is 12.1 Å². The first-order valence-corrected chi connectivity index (χ1v) is 9.66. The lowest BCUT2D eigenvalue weighted by Crippen LogP contribution is -2.43. The largest absolute Gasteiger partial charge is 0.493 e. The fourth-order valence-corrected chi connectivity index (χ4v) is 3.97. The first-order chi connectivity index (χ1) is 13.8. The normalized spacial score (nSPS) is 16.4. The Bertz CT molecular complexity index is 919. The number of carbonyl (C=O) groups is 2. The Kier molecular flexibility index (Phi) is 6.02. The SMILES string of the molecule is COC(=O)c1[nH]c2cc(OC)c(OC)cc2c1NC(=O)CN1CCCC(C)(C)C1. The fraction of sp³-hybridized carbons (Fsp3) is 0.524. The maximum absolute atomic E-state index is 12.8. The zero-order valence-corrected chi connectivity index (χ0v) is 17.7. The molecular weight excluding hydrogens is 374 g/mol. The molecule has 0 bridgehead atoms. The van der Waals surface area contributed by atoms with Gasteiger partial charge in [0, 0.05) is 18.0 Å². The number of H-pyrrole nitrogens is 1. The number of methoxy groups -OCH3 is 3. The minimum Gasteiger partial charge on any atom is -0.493 e. The number of benzene rings is 1. The summed E-state index contributed by atoms with van der Waals surface area (Å²) >= 11 is 0. The number of piperidine rings is 1. The van der Waals surface area contributed by atoms with E-state index in [4.69, 9.17) is 14.2 Å². The second-order valence-corrected chi connectivity index (χ2v) is 8.15. The molecule has 0 radical (unpaired) electrons. The highest BCUT2D eigenvalue weighted by Gasteiger charge is 2.28. The van der Waals surface area contributed by atoms with Crippen LogP contribution in [0, 0.1) is 5.41 Å². The van der Waals surface area contributed by atoms with Crippen LogP contribution in [0.15, 0.2) is 12.1 Å². The number of nitrogens with zero attached hydrogens (tertiary/aromatic N) is 1. The van der Waals surface area contributed by atoms with Gasteiger partial charge in [-0.25, -0.2) is 4.79 Å². The summed E-state index contributed by atoms with van der Waals surface area (Å²) in [4.78, 5) is 30.3. The van der Waals surface area contributed by atoms with Crippen LogP contribution in [0.3, 0.4) is 0 Å². The summed E-state index contributed by atoms with van der Waals surface area (Å²) in [5.41, 5.74) is 1.40. The monoisotopic (exact) mass is 403 g/mol. The van der Waals surface area contributed by atoms with Crippen LogP contribution < -0.4 is 14.8 Å². The smallest absolute Gasteiger partial charge is 0.356 e. The number of ether oxygens (including phenoxy) is 3. The number of hydrogen-bond acceptors (Lipinski definition) is 6. The molecule has 1 fully saturated rings. The molecule has 2 aromatic rings. The number of hydrogen-bond donors (Lipinski definition) is 2. The molecule has 0 atom stereocenters. The summed E-state index contributed by atoms with van der Waals surface area (Å²) in [7, 11) is 4.38. The summed E-state index contributed by atoms with van der Waals surface area (Å²) in [6.07, 6.45) is 2.22. The van der Waals surface area contributed by atoms with Crippen molar-refractivity contribution >= 4 is 28.5 Å². The number of nitrogens with one attached hydrogen (secondary N) is 2.